The summed E-state index contributed by atoms with van der Waals surface area (Å²) in [5, 5.41) is 14.7. The van der Waals surface area contributed by atoms with Gasteiger partial charge in [0.1, 0.15) is 11.6 Å². The lowest BCUT2D eigenvalue weighted by molar-refractivity contribution is -0.137. The van der Waals surface area contributed by atoms with Gasteiger partial charge in [0.15, 0.2) is 0 Å². The average Bonchev–Trinajstić information content (AvgIpc) is 3.39. The molecule has 5 rings (SSSR count). The fourth-order valence-corrected chi connectivity index (χ4v) is 5.38. The van der Waals surface area contributed by atoms with E-state index in [1.165, 1.54) is 11.1 Å². The molecule has 1 fully saturated rings. The molecule has 0 radical (unpaired) electrons. The number of aliphatic hydroxyl groups is 1. The highest BCUT2D eigenvalue weighted by molar-refractivity contribution is 5.96. The smallest absolute Gasteiger partial charge is 0.399 e. The van der Waals surface area contributed by atoms with Crippen LogP contribution in [-0.2, 0) is 19.0 Å². The van der Waals surface area contributed by atoms with Gasteiger partial charge in [-0.2, -0.15) is 13.2 Å². The maximum atomic E-state index is 13.4. The molecule has 2 heterocycles. The molecule has 35 heavy (non-hydrogen) atoms. The van der Waals surface area contributed by atoms with Crippen molar-refractivity contribution < 1.29 is 18.3 Å². The van der Waals surface area contributed by atoms with Crippen molar-refractivity contribution in [1.82, 2.24) is 9.97 Å². The number of anilines is 3. The fourth-order valence-electron chi connectivity index (χ4n) is 5.38. The lowest BCUT2D eigenvalue weighted by Crippen LogP contribution is -2.30. The summed E-state index contributed by atoms with van der Waals surface area (Å²) in [6, 6.07) is 5.23. The number of aryl methyl sites for hydroxylation is 2. The van der Waals surface area contributed by atoms with E-state index < -0.39 is 23.4 Å². The van der Waals surface area contributed by atoms with Gasteiger partial charge in [-0.3, -0.25) is 0 Å². The maximum Gasteiger partial charge on any atom is 0.416 e. The number of hydrogen-bond donors (Lipinski definition) is 3. The van der Waals surface area contributed by atoms with Crippen LogP contribution in [0.5, 0.6) is 0 Å². The summed E-state index contributed by atoms with van der Waals surface area (Å²) in [6.45, 7) is 6.80. The summed E-state index contributed by atoms with van der Waals surface area (Å²) < 4.78 is 40.1. The predicted molar refractivity (Wildman–Crippen MR) is 132 cm³/mol. The molecule has 3 aromatic rings. The highest BCUT2D eigenvalue weighted by atomic mass is 19.4. The van der Waals surface area contributed by atoms with E-state index in [0.29, 0.717) is 30.2 Å². The first-order valence-electron chi connectivity index (χ1n) is 12.0. The Labute approximate surface area is 202 Å². The summed E-state index contributed by atoms with van der Waals surface area (Å²) >= 11 is 0. The van der Waals surface area contributed by atoms with Gasteiger partial charge in [-0.25, -0.2) is 9.97 Å². The predicted octanol–water partition coefficient (Wildman–Crippen LogP) is 5.16. The zero-order valence-electron chi connectivity index (χ0n) is 20.1. The van der Waals surface area contributed by atoms with Crippen LogP contribution in [0.4, 0.5) is 30.4 Å². The lowest BCUT2D eigenvalue weighted by atomic mass is 10.0. The Hall–Kier alpha value is -3.07. The first-order valence-corrected chi connectivity index (χ1v) is 12.0. The molecule has 1 saturated heterocycles. The third-order valence-corrected chi connectivity index (χ3v) is 7.10. The van der Waals surface area contributed by atoms with E-state index in [0.717, 1.165) is 54.5 Å². The second-order valence-electron chi connectivity index (χ2n) is 10.1. The molecule has 0 saturated carbocycles. The molecule has 0 spiro atoms. The third kappa shape index (κ3) is 4.49. The van der Waals surface area contributed by atoms with E-state index in [9.17, 15) is 18.3 Å². The number of nitrogen functional groups attached to an aromatic ring is 1. The number of hydrogen-bond acceptors (Lipinski definition) is 6. The van der Waals surface area contributed by atoms with Crippen LogP contribution in [0.25, 0.3) is 10.9 Å². The highest BCUT2D eigenvalue weighted by Gasteiger charge is 2.34. The van der Waals surface area contributed by atoms with Gasteiger partial charge < -0.3 is 21.1 Å². The van der Waals surface area contributed by atoms with Crippen molar-refractivity contribution >= 4 is 28.1 Å². The molecule has 0 unspecified atom stereocenters. The Balaban J connectivity index is 1.58. The van der Waals surface area contributed by atoms with Gasteiger partial charge in [-0.05, 0) is 87.4 Å². The summed E-state index contributed by atoms with van der Waals surface area (Å²) in [4.78, 5) is 11.6. The molecule has 1 aromatic heterocycles. The summed E-state index contributed by atoms with van der Waals surface area (Å²) in [6.07, 6.45) is -0.861. The first-order chi connectivity index (χ1) is 16.4. The van der Waals surface area contributed by atoms with E-state index in [4.69, 9.17) is 10.7 Å². The number of alkyl halides is 3. The molecule has 9 heteroatoms. The standard InChI is InChI=1S/C26H30F3N5O/c1-14(16-9-17(26(27,28)29)11-18(30)10-16)31-24-21-12-22(34-8-7-25(3,35)13-34)19-5-4-6-20(19)23(21)32-15(2)33-24/h9-12,14,35H,4-8,13,30H2,1-3H3,(H,31,32,33)/t14-,25-/m1/s1. The molecule has 4 N–H and O–H groups in total. The quantitative estimate of drug-likeness (QED) is 0.443. The molecule has 1 aliphatic carbocycles. The van der Waals surface area contributed by atoms with Crippen molar-refractivity contribution in [1.29, 1.82) is 0 Å². The van der Waals surface area contributed by atoms with Crippen molar-refractivity contribution in [2.24, 2.45) is 0 Å². The topological polar surface area (TPSA) is 87.3 Å². The van der Waals surface area contributed by atoms with Crippen LogP contribution in [0.3, 0.4) is 0 Å². The zero-order valence-corrected chi connectivity index (χ0v) is 20.1. The average molecular weight is 486 g/mol. The minimum Gasteiger partial charge on any atom is -0.399 e. The minimum absolute atomic E-state index is 0.0633. The third-order valence-electron chi connectivity index (χ3n) is 7.10. The van der Waals surface area contributed by atoms with Gasteiger partial charge in [0.2, 0.25) is 0 Å². The van der Waals surface area contributed by atoms with Gasteiger partial charge in [-0.1, -0.05) is 0 Å². The number of nitrogens with zero attached hydrogens (tertiary/aromatic N) is 3. The maximum absolute atomic E-state index is 13.4. The van der Waals surface area contributed by atoms with Crippen LogP contribution in [0.2, 0.25) is 0 Å². The molecule has 0 amide bonds. The zero-order chi connectivity index (χ0) is 25.1. The molecule has 6 nitrogen and oxygen atoms in total. The number of nitrogens with one attached hydrogen (secondary N) is 1. The minimum atomic E-state index is -4.48. The van der Waals surface area contributed by atoms with E-state index >= 15 is 0 Å². The monoisotopic (exact) mass is 485 g/mol. The van der Waals surface area contributed by atoms with Gasteiger partial charge in [-0.15, -0.1) is 0 Å². The van der Waals surface area contributed by atoms with Crippen LogP contribution in [0.1, 0.15) is 60.8 Å². The van der Waals surface area contributed by atoms with Crippen molar-refractivity contribution in [3.8, 4) is 0 Å². The van der Waals surface area contributed by atoms with Crippen LogP contribution in [-0.4, -0.2) is 33.8 Å². The molecular formula is C26H30F3N5O. The number of aromatic nitrogens is 2. The molecule has 1 aliphatic heterocycles. The Morgan fingerprint density at radius 3 is 2.57 bits per heavy atom. The Kier molecular flexibility index (Phi) is 5.58. The van der Waals surface area contributed by atoms with Crippen molar-refractivity contribution in [3.05, 3.63) is 52.3 Å². The second-order valence-corrected chi connectivity index (χ2v) is 10.1. The Bertz CT molecular complexity index is 1300. The number of halogens is 3. The second kappa shape index (κ2) is 8.26. The van der Waals surface area contributed by atoms with E-state index in [1.807, 2.05) is 13.8 Å². The Morgan fingerprint density at radius 2 is 1.89 bits per heavy atom. The summed E-state index contributed by atoms with van der Waals surface area (Å²) in [7, 11) is 0. The van der Waals surface area contributed by atoms with E-state index in [2.05, 4.69) is 21.3 Å². The molecule has 2 aromatic carbocycles. The van der Waals surface area contributed by atoms with Crippen LogP contribution in [0.15, 0.2) is 24.3 Å². The highest BCUT2D eigenvalue weighted by Crippen LogP contribution is 2.41. The molecule has 2 aliphatic rings. The number of benzene rings is 2. The van der Waals surface area contributed by atoms with Gasteiger partial charge >= 0.3 is 6.18 Å². The largest absolute Gasteiger partial charge is 0.416 e. The van der Waals surface area contributed by atoms with Gasteiger partial charge in [0.05, 0.1) is 22.7 Å². The van der Waals surface area contributed by atoms with Crippen LogP contribution in [0, 0.1) is 6.92 Å². The van der Waals surface area contributed by atoms with Gasteiger partial charge in [0.25, 0.3) is 0 Å². The SMILES string of the molecule is Cc1nc(N[C@H](C)c2cc(N)cc(C(F)(F)F)c2)c2cc(N3CC[C@@](C)(O)C3)c3c(c2n1)CCC3. The number of β-amino-alcohol motifs (C(OH)–C–C–N with tert-alkyl or cyclic N) is 1. The lowest BCUT2D eigenvalue weighted by Gasteiger charge is -2.25. The number of nitrogens with two attached hydrogens (primary N) is 1. The summed E-state index contributed by atoms with van der Waals surface area (Å²) in [5.41, 5.74) is 9.24. The number of fused-ring (bicyclic) bond motifs is 3. The Morgan fingerprint density at radius 1 is 1.14 bits per heavy atom. The van der Waals surface area contributed by atoms with Crippen molar-refractivity contribution in [2.45, 2.75) is 64.3 Å². The number of rotatable bonds is 4. The van der Waals surface area contributed by atoms with Crippen molar-refractivity contribution in [2.75, 3.05) is 29.0 Å². The molecule has 0 bridgehead atoms. The van der Waals surface area contributed by atoms with Crippen molar-refractivity contribution in [3.63, 3.8) is 0 Å². The van der Waals surface area contributed by atoms with Crippen LogP contribution < -0.4 is 16.0 Å². The molecule has 2 atom stereocenters. The first kappa shape index (κ1) is 23.7. The van der Waals surface area contributed by atoms with E-state index in [1.54, 1.807) is 13.0 Å². The summed E-state index contributed by atoms with van der Waals surface area (Å²) in [5.74, 6) is 1.18. The molecule has 186 valence electrons. The van der Waals surface area contributed by atoms with Crippen LogP contribution >= 0.6 is 0 Å². The molecular weight excluding hydrogens is 455 g/mol. The van der Waals surface area contributed by atoms with Gasteiger partial charge in [0, 0.05) is 29.9 Å². The van der Waals surface area contributed by atoms with E-state index in [-0.39, 0.29) is 5.69 Å². The fraction of sp³-hybridized carbons (Fsp3) is 0.462. The normalized spacial score (nSPS) is 20.9.